The van der Waals surface area contributed by atoms with Gasteiger partial charge in [0.2, 0.25) is 5.91 Å². The lowest BCUT2D eigenvalue weighted by Crippen LogP contribution is -2.31. The van der Waals surface area contributed by atoms with Crippen molar-refractivity contribution in [3.63, 3.8) is 0 Å². The number of aryl methyl sites for hydroxylation is 2. The first-order valence-corrected chi connectivity index (χ1v) is 7.93. The first kappa shape index (κ1) is 16.0. The van der Waals surface area contributed by atoms with Gasteiger partial charge in [-0.25, -0.2) is 4.98 Å². The van der Waals surface area contributed by atoms with Crippen molar-refractivity contribution in [1.82, 2.24) is 24.6 Å². The predicted molar refractivity (Wildman–Crippen MR) is 91.8 cm³/mol. The van der Waals surface area contributed by atoms with Crippen molar-refractivity contribution >= 4 is 5.91 Å². The zero-order valence-corrected chi connectivity index (χ0v) is 14.1. The van der Waals surface area contributed by atoms with Gasteiger partial charge in [-0.1, -0.05) is 18.2 Å². The summed E-state index contributed by atoms with van der Waals surface area (Å²) in [6, 6.07) is 9.57. The Hall–Kier alpha value is -2.89. The maximum atomic E-state index is 12.5. The van der Waals surface area contributed by atoms with Gasteiger partial charge in [-0.15, -0.1) is 0 Å². The summed E-state index contributed by atoms with van der Waals surface area (Å²) in [6.45, 7) is 6.20. The third-order valence-electron chi connectivity index (χ3n) is 4.02. The molecule has 3 aromatic rings. The Balaban J connectivity index is 1.72. The normalized spacial score (nSPS) is 12.1. The van der Waals surface area contributed by atoms with E-state index in [4.69, 9.17) is 0 Å². The average molecular weight is 323 g/mol. The number of amides is 1. The summed E-state index contributed by atoms with van der Waals surface area (Å²) in [5.74, 6) is -0.0540. The second-order valence-electron chi connectivity index (χ2n) is 5.86. The fourth-order valence-corrected chi connectivity index (χ4v) is 2.79. The lowest BCUT2D eigenvalue weighted by atomic mass is 10.1. The third kappa shape index (κ3) is 3.22. The van der Waals surface area contributed by atoms with Crippen LogP contribution >= 0.6 is 0 Å². The molecule has 1 atom stereocenters. The van der Waals surface area contributed by atoms with E-state index in [0.717, 1.165) is 22.6 Å². The number of carbonyl (C=O) groups excluding carboxylic acids is 1. The van der Waals surface area contributed by atoms with Crippen LogP contribution in [-0.2, 0) is 11.3 Å². The molecule has 3 rings (SSSR count). The van der Waals surface area contributed by atoms with E-state index in [9.17, 15) is 4.79 Å². The summed E-state index contributed by atoms with van der Waals surface area (Å²) >= 11 is 0. The molecule has 0 bridgehead atoms. The molecule has 0 saturated heterocycles. The van der Waals surface area contributed by atoms with Crippen LogP contribution in [0.3, 0.4) is 0 Å². The van der Waals surface area contributed by atoms with Gasteiger partial charge < -0.3 is 9.88 Å². The van der Waals surface area contributed by atoms with Crippen LogP contribution < -0.4 is 5.32 Å². The number of hydrogen-bond acceptors (Lipinski definition) is 3. The summed E-state index contributed by atoms with van der Waals surface area (Å²) in [7, 11) is 0. The summed E-state index contributed by atoms with van der Waals surface area (Å²) in [4.78, 5) is 16.6. The minimum absolute atomic E-state index is 0.0540. The number of para-hydroxylation sites is 1. The molecule has 2 aromatic heterocycles. The molecule has 6 heteroatoms. The Morgan fingerprint density at radius 2 is 2.08 bits per heavy atom. The molecule has 1 aromatic carbocycles. The number of imidazole rings is 1. The molecule has 2 heterocycles. The minimum atomic E-state index is -0.348. The molecular formula is C18H21N5O. The van der Waals surface area contributed by atoms with Gasteiger partial charge in [0.25, 0.3) is 0 Å². The van der Waals surface area contributed by atoms with Crippen molar-refractivity contribution in [3.8, 4) is 5.69 Å². The number of carbonyl (C=O) groups is 1. The molecule has 6 nitrogen and oxygen atoms in total. The van der Waals surface area contributed by atoms with Crippen molar-refractivity contribution in [2.75, 3.05) is 0 Å². The first-order valence-electron chi connectivity index (χ1n) is 7.93. The Labute approximate surface area is 141 Å². The Kier molecular flexibility index (Phi) is 4.46. The summed E-state index contributed by atoms with van der Waals surface area (Å²) in [5, 5.41) is 7.39. The minimum Gasteiger partial charge on any atom is -0.350 e. The average Bonchev–Trinajstić information content (AvgIpc) is 3.21. The SMILES string of the molecule is Cc1cc(C)n([C@H](C)C(=O)NCc2ccccc2-n2ccnc2)n1. The molecule has 0 aliphatic heterocycles. The second-order valence-corrected chi connectivity index (χ2v) is 5.86. The molecule has 0 aliphatic carbocycles. The molecule has 0 unspecified atom stereocenters. The van der Waals surface area contributed by atoms with E-state index in [1.807, 2.05) is 61.9 Å². The lowest BCUT2D eigenvalue weighted by molar-refractivity contribution is -0.124. The summed E-state index contributed by atoms with van der Waals surface area (Å²) in [5.41, 5.74) is 3.94. The Morgan fingerprint density at radius 3 is 2.75 bits per heavy atom. The van der Waals surface area contributed by atoms with Crippen LogP contribution in [0.1, 0.15) is 29.9 Å². The Morgan fingerprint density at radius 1 is 1.29 bits per heavy atom. The third-order valence-corrected chi connectivity index (χ3v) is 4.02. The van der Waals surface area contributed by atoms with Crippen molar-refractivity contribution < 1.29 is 4.79 Å². The van der Waals surface area contributed by atoms with Gasteiger partial charge in [0.05, 0.1) is 17.7 Å². The maximum absolute atomic E-state index is 12.5. The largest absolute Gasteiger partial charge is 0.350 e. The van der Waals surface area contributed by atoms with Gasteiger partial charge in [-0.2, -0.15) is 5.10 Å². The number of rotatable bonds is 5. The van der Waals surface area contributed by atoms with Gasteiger partial charge >= 0.3 is 0 Å². The van der Waals surface area contributed by atoms with E-state index in [1.54, 1.807) is 17.2 Å². The summed E-state index contributed by atoms with van der Waals surface area (Å²) < 4.78 is 3.69. The van der Waals surface area contributed by atoms with Gasteiger partial charge in [0.1, 0.15) is 6.04 Å². The van der Waals surface area contributed by atoms with Crippen LogP contribution in [0.5, 0.6) is 0 Å². The quantitative estimate of drug-likeness (QED) is 0.785. The van der Waals surface area contributed by atoms with Crippen LogP contribution in [0.4, 0.5) is 0 Å². The highest BCUT2D eigenvalue weighted by molar-refractivity contribution is 5.80. The Bertz CT molecular complexity index is 835. The highest BCUT2D eigenvalue weighted by atomic mass is 16.2. The molecule has 124 valence electrons. The van der Waals surface area contributed by atoms with Crippen molar-refractivity contribution in [2.45, 2.75) is 33.4 Å². The topological polar surface area (TPSA) is 64.7 Å². The molecule has 1 N–H and O–H groups in total. The van der Waals surface area contributed by atoms with Crippen LogP contribution in [-0.4, -0.2) is 25.2 Å². The van der Waals surface area contributed by atoms with Crippen molar-refractivity contribution in [1.29, 1.82) is 0 Å². The number of nitrogens with zero attached hydrogens (tertiary/aromatic N) is 4. The molecule has 0 fully saturated rings. The molecule has 0 aliphatic rings. The van der Waals surface area contributed by atoms with Crippen LogP contribution in [0.25, 0.3) is 5.69 Å². The van der Waals surface area contributed by atoms with Gasteiger partial charge in [-0.3, -0.25) is 9.48 Å². The smallest absolute Gasteiger partial charge is 0.244 e. The van der Waals surface area contributed by atoms with E-state index >= 15 is 0 Å². The standard InChI is InChI=1S/C18H21N5O/c1-13-10-14(2)23(21-13)15(3)18(24)20-11-16-6-4-5-7-17(16)22-9-8-19-12-22/h4-10,12,15H,11H2,1-3H3,(H,20,24)/t15-/m1/s1. The first-order chi connectivity index (χ1) is 11.6. The monoisotopic (exact) mass is 323 g/mol. The van der Waals surface area contributed by atoms with Crippen LogP contribution in [0, 0.1) is 13.8 Å². The zero-order valence-electron chi connectivity index (χ0n) is 14.1. The molecule has 0 radical (unpaired) electrons. The number of nitrogens with one attached hydrogen (secondary N) is 1. The van der Waals surface area contributed by atoms with Crippen molar-refractivity contribution in [3.05, 3.63) is 66.0 Å². The molecule has 0 saturated carbocycles. The fraction of sp³-hybridized carbons (Fsp3) is 0.278. The van der Waals surface area contributed by atoms with Gasteiger partial charge in [0, 0.05) is 24.6 Å². The van der Waals surface area contributed by atoms with E-state index < -0.39 is 0 Å². The van der Waals surface area contributed by atoms with Crippen LogP contribution in [0.2, 0.25) is 0 Å². The summed E-state index contributed by atoms with van der Waals surface area (Å²) in [6.07, 6.45) is 5.37. The highest BCUT2D eigenvalue weighted by Crippen LogP contribution is 2.15. The number of hydrogen-bond donors (Lipinski definition) is 1. The van der Waals surface area contributed by atoms with Gasteiger partial charge in [0.15, 0.2) is 0 Å². The van der Waals surface area contributed by atoms with E-state index in [0.29, 0.717) is 6.54 Å². The second kappa shape index (κ2) is 6.70. The van der Waals surface area contributed by atoms with Crippen LogP contribution in [0.15, 0.2) is 49.1 Å². The molecular weight excluding hydrogens is 302 g/mol. The number of aromatic nitrogens is 4. The zero-order chi connectivity index (χ0) is 17.1. The van der Waals surface area contributed by atoms with Gasteiger partial charge in [-0.05, 0) is 38.5 Å². The maximum Gasteiger partial charge on any atom is 0.244 e. The van der Waals surface area contributed by atoms with E-state index in [-0.39, 0.29) is 11.9 Å². The highest BCUT2D eigenvalue weighted by Gasteiger charge is 2.18. The van der Waals surface area contributed by atoms with Crippen molar-refractivity contribution in [2.24, 2.45) is 0 Å². The molecule has 0 spiro atoms. The van der Waals surface area contributed by atoms with E-state index in [2.05, 4.69) is 15.4 Å². The predicted octanol–water partition coefficient (Wildman–Crippen LogP) is 2.56. The molecule has 24 heavy (non-hydrogen) atoms. The number of benzene rings is 1. The molecule has 1 amide bonds. The van der Waals surface area contributed by atoms with E-state index in [1.165, 1.54) is 0 Å². The fourth-order valence-electron chi connectivity index (χ4n) is 2.79. The lowest BCUT2D eigenvalue weighted by Gasteiger charge is -2.16.